The number of anilines is 1. The number of hydrogen-bond acceptors (Lipinski definition) is 8. The van der Waals surface area contributed by atoms with Crippen LogP contribution in [0.3, 0.4) is 0 Å². The topological polar surface area (TPSA) is 149 Å². The predicted molar refractivity (Wildman–Crippen MR) is 146 cm³/mol. The standard InChI is InChI=1S/C24H21IN10O2/c1-34-2-4-35(5-3-34)24(37)29-15-6-13(8-26-10-15)14-7-16-20(32-33-22(16)28-9-14)23-30-18-12-27-11-17(21(25)36)19(18)31-23/h6-12H,2-5H2,1H3,(H,29,37)(H,30,31)(H,28,32,33). The normalized spacial score (nSPS) is 14.4. The van der Waals surface area contributed by atoms with Crippen molar-refractivity contribution < 1.29 is 9.59 Å². The first-order valence-corrected chi connectivity index (χ1v) is 12.6. The highest BCUT2D eigenvalue weighted by molar-refractivity contribution is 14.1. The molecule has 6 heterocycles. The Morgan fingerprint density at radius 2 is 1.78 bits per heavy atom. The molecule has 0 spiro atoms. The molecular formula is C24H21IN10O2. The van der Waals surface area contributed by atoms with Crippen molar-refractivity contribution in [1.29, 1.82) is 0 Å². The molecule has 37 heavy (non-hydrogen) atoms. The molecule has 1 fully saturated rings. The number of imidazole rings is 1. The van der Waals surface area contributed by atoms with Crippen LogP contribution in [0.15, 0.2) is 43.1 Å². The highest BCUT2D eigenvalue weighted by Crippen LogP contribution is 2.30. The fraction of sp³-hybridized carbons (Fsp3) is 0.208. The van der Waals surface area contributed by atoms with Crippen LogP contribution in [0.4, 0.5) is 10.5 Å². The zero-order valence-corrected chi connectivity index (χ0v) is 21.9. The van der Waals surface area contributed by atoms with E-state index in [1.165, 1.54) is 6.20 Å². The number of hydrogen-bond donors (Lipinski definition) is 3. The van der Waals surface area contributed by atoms with Gasteiger partial charge in [-0.05, 0) is 19.2 Å². The number of rotatable bonds is 4. The van der Waals surface area contributed by atoms with E-state index in [0.29, 0.717) is 52.5 Å². The molecule has 2 amide bonds. The first kappa shape index (κ1) is 23.4. The van der Waals surface area contributed by atoms with Crippen LogP contribution in [0, 0.1) is 0 Å². The van der Waals surface area contributed by atoms with Crippen LogP contribution in [0.25, 0.3) is 44.7 Å². The molecule has 5 aromatic heterocycles. The predicted octanol–water partition coefficient (Wildman–Crippen LogP) is 3.31. The van der Waals surface area contributed by atoms with Crippen LogP contribution in [0.2, 0.25) is 0 Å². The molecule has 5 aromatic rings. The van der Waals surface area contributed by atoms with E-state index in [1.54, 1.807) is 52.3 Å². The Hall–Kier alpha value is -3.98. The van der Waals surface area contributed by atoms with Gasteiger partial charge in [0, 0.05) is 78.5 Å². The average molecular weight is 608 g/mol. The summed E-state index contributed by atoms with van der Waals surface area (Å²) in [5, 5.41) is 11.1. The number of pyridine rings is 3. The second-order valence-corrected chi connectivity index (χ2v) is 9.80. The third-order valence-electron chi connectivity index (χ3n) is 6.36. The summed E-state index contributed by atoms with van der Waals surface area (Å²) >= 11 is 1.73. The lowest BCUT2D eigenvalue weighted by Gasteiger charge is -2.32. The van der Waals surface area contributed by atoms with Crippen molar-refractivity contribution in [3.05, 3.63) is 48.7 Å². The number of nitrogens with one attached hydrogen (secondary N) is 3. The van der Waals surface area contributed by atoms with Crippen LogP contribution in [-0.2, 0) is 0 Å². The van der Waals surface area contributed by atoms with Crippen LogP contribution in [-0.4, -0.2) is 88.0 Å². The van der Waals surface area contributed by atoms with Gasteiger partial charge in [-0.25, -0.2) is 14.8 Å². The maximum atomic E-state index is 12.7. The van der Waals surface area contributed by atoms with Crippen molar-refractivity contribution in [2.45, 2.75) is 0 Å². The van der Waals surface area contributed by atoms with Crippen molar-refractivity contribution in [2.24, 2.45) is 0 Å². The molecule has 0 radical (unpaired) electrons. The maximum absolute atomic E-state index is 12.7. The smallest absolute Gasteiger partial charge is 0.321 e. The number of carbonyl (C=O) groups excluding carboxylic acids is 2. The Bertz CT molecular complexity index is 1650. The molecule has 0 saturated carbocycles. The molecule has 13 heteroatoms. The summed E-state index contributed by atoms with van der Waals surface area (Å²) in [5.41, 5.74) is 4.98. The lowest BCUT2D eigenvalue weighted by molar-refractivity contribution is 0.110. The van der Waals surface area contributed by atoms with Crippen molar-refractivity contribution >= 4 is 60.2 Å². The molecule has 186 valence electrons. The third kappa shape index (κ3) is 4.51. The number of H-pyrrole nitrogens is 2. The number of carbonyl (C=O) groups is 2. The van der Waals surface area contributed by atoms with Gasteiger partial charge in [-0.1, -0.05) is 0 Å². The van der Waals surface area contributed by atoms with E-state index in [0.717, 1.165) is 29.6 Å². The van der Waals surface area contributed by atoms with E-state index in [1.807, 2.05) is 19.2 Å². The summed E-state index contributed by atoms with van der Waals surface area (Å²) in [6, 6.07) is 3.68. The highest BCUT2D eigenvalue weighted by Gasteiger charge is 2.20. The Morgan fingerprint density at radius 1 is 1.00 bits per heavy atom. The molecule has 12 nitrogen and oxygen atoms in total. The van der Waals surface area contributed by atoms with E-state index in [4.69, 9.17) is 0 Å². The zero-order valence-electron chi connectivity index (χ0n) is 19.7. The van der Waals surface area contributed by atoms with Gasteiger partial charge in [0.1, 0.15) is 11.2 Å². The first-order valence-electron chi connectivity index (χ1n) is 11.5. The van der Waals surface area contributed by atoms with Gasteiger partial charge in [0.05, 0.1) is 34.5 Å². The van der Waals surface area contributed by atoms with E-state index in [-0.39, 0.29) is 9.82 Å². The first-order chi connectivity index (χ1) is 18.0. The second kappa shape index (κ2) is 9.48. The molecule has 3 N–H and O–H groups in total. The van der Waals surface area contributed by atoms with E-state index < -0.39 is 0 Å². The Balaban J connectivity index is 1.31. The van der Waals surface area contributed by atoms with E-state index >= 15 is 0 Å². The fourth-order valence-electron chi connectivity index (χ4n) is 4.31. The number of fused-ring (bicyclic) bond motifs is 2. The fourth-order valence-corrected chi connectivity index (χ4v) is 4.70. The van der Waals surface area contributed by atoms with Gasteiger partial charge in [-0.3, -0.25) is 19.9 Å². The molecule has 0 aromatic carbocycles. The molecule has 1 aliphatic rings. The average Bonchev–Trinajstić information content (AvgIpc) is 3.52. The van der Waals surface area contributed by atoms with Crippen LogP contribution >= 0.6 is 22.6 Å². The van der Waals surface area contributed by atoms with Gasteiger partial charge < -0.3 is 20.1 Å². The van der Waals surface area contributed by atoms with Crippen molar-refractivity contribution in [3.8, 4) is 22.6 Å². The summed E-state index contributed by atoms with van der Waals surface area (Å²) in [6.07, 6.45) is 8.21. The second-order valence-electron chi connectivity index (χ2n) is 8.82. The summed E-state index contributed by atoms with van der Waals surface area (Å²) < 4.78 is -0.142. The third-order valence-corrected chi connectivity index (χ3v) is 6.94. The van der Waals surface area contributed by atoms with Gasteiger partial charge in [0.15, 0.2) is 11.5 Å². The quantitative estimate of drug-likeness (QED) is 0.208. The minimum atomic E-state index is -0.142. The SMILES string of the molecule is CN1CCN(C(=O)Nc2cncc(-c3cnc4[nH]nc(-c5nc6c(C(=O)I)cncc6[nH]5)c4c3)c2)CC1. The lowest BCUT2D eigenvalue weighted by Crippen LogP contribution is -2.48. The molecule has 1 aliphatic heterocycles. The number of aromatic amines is 2. The van der Waals surface area contributed by atoms with Crippen molar-refractivity contribution in [2.75, 3.05) is 38.5 Å². The van der Waals surface area contributed by atoms with Gasteiger partial charge >= 0.3 is 6.03 Å². The molecule has 0 bridgehead atoms. The van der Waals surface area contributed by atoms with Gasteiger partial charge in [-0.2, -0.15) is 5.10 Å². The molecule has 0 unspecified atom stereocenters. The number of aromatic nitrogens is 7. The largest absolute Gasteiger partial charge is 0.335 e. The Kier molecular flexibility index (Phi) is 6.00. The molecular weight excluding hydrogens is 587 g/mol. The number of piperazine rings is 1. The number of urea groups is 1. The number of likely N-dealkylation sites (N-methyl/N-ethyl adjacent to an activating group) is 1. The van der Waals surface area contributed by atoms with Crippen LogP contribution < -0.4 is 5.32 Å². The van der Waals surface area contributed by atoms with Crippen LogP contribution in [0.5, 0.6) is 0 Å². The number of amides is 2. The van der Waals surface area contributed by atoms with Gasteiger partial charge in [0.25, 0.3) is 0 Å². The summed E-state index contributed by atoms with van der Waals surface area (Å²) in [7, 11) is 2.05. The van der Waals surface area contributed by atoms with Crippen molar-refractivity contribution in [3.63, 3.8) is 0 Å². The van der Waals surface area contributed by atoms with E-state index in [9.17, 15) is 9.59 Å². The Labute approximate surface area is 224 Å². The van der Waals surface area contributed by atoms with Gasteiger partial charge in [-0.15, -0.1) is 0 Å². The summed E-state index contributed by atoms with van der Waals surface area (Å²) in [5.74, 6) is 0.499. The summed E-state index contributed by atoms with van der Waals surface area (Å²) in [6.45, 7) is 3.07. The number of nitrogens with zero attached hydrogens (tertiary/aromatic N) is 7. The Morgan fingerprint density at radius 3 is 2.59 bits per heavy atom. The van der Waals surface area contributed by atoms with E-state index in [2.05, 4.69) is 45.3 Å². The molecule has 0 atom stereocenters. The van der Waals surface area contributed by atoms with Crippen molar-refractivity contribution in [1.82, 2.24) is 44.9 Å². The minimum absolute atomic E-state index is 0.138. The highest BCUT2D eigenvalue weighted by atomic mass is 127. The van der Waals surface area contributed by atoms with Crippen LogP contribution in [0.1, 0.15) is 10.4 Å². The van der Waals surface area contributed by atoms with Gasteiger partial charge in [0.2, 0.25) is 3.79 Å². The minimum Gasteiger partial charge on any atom is -0.335 e. The molecule has 6 rings (SSSR count). The number of halogens is 1. The lowest BCUT2D eigenvalue weighted by atomic mass is 10.1. The monoisotopic (exact) mass is 608 g/mol. The zero-order chi connectivity index (χ0) is 25.5. The molecule has 0 aliphatic carbocycles. The summed E-state index contributed by atoms with van der Waals surface area (Å²) in [4.78, 5) is 49.5. The molecule has 1 saturated heterocycles. The maximum Gasteiger partial charge on any atom is 0.321 e.